The van der Waals surface area contributed by atoms with Crippen molar-refractivity contribution >= 4 is 46.6 Å². The van der Waals surface area contributed by atoms with Crippen LogP contribution in [0.1, 0.15) is 67.5 Å². The van der Waals surface area contributed by atoms with Crippen molar-refractivity contribution in [3.63, 3.8) is 0 Å². The van der Waals surface area contributed by atoms with Gasteiger partial charge in [0.25, 0.3) is 22.9 Å². The van der Waals surface area contributed by atoms with Gasteiger partial charge in [-0.1, -0.05) is 57.8 Å². The predicted molar refractivity (Wildman–Crippen MR) is 203 cm³/mol. The number of hydrogen-bond acceptors (Lipinski definition) is 14. The number of carbonyl (C=O) groups excluding carboxylic acids is 2. The molecule has 6 rings (SSSR count). The van der Waals surface area contributed by atoms with E-state index in [1.54, 1.807) is 48.5 Å². The second kappa shape index (κ2) is 19.6. The number of aliphatic hydroxyl groups excluding tert-OH is 2. The smallest absolute Gasteiger partial charge is 0.331 e. The fraction of sp³-hybridized carbons (Fsp3) is 0.235. The average molecular weight is 848 g/mol. The minimum atomic E-state index is -0.952. The topological polar surface area (TPSA) is 303 Å². The molecule has 0 spiro atoms. The highest BCUT2D eigenvalue weighted by molar-refractivity contribution is 6.30. The van der Waals surface area contributed by atoms with Gasteiger partial charge in [-0.3, -0.25) is 32.9 Å². The first-order valence-electron chi connectivity index (χ1n) is 16.2. The maximum Gasteiger partial charge on any atom is 0.331 e. The third-order valence-electron chi connectivity index (χ3n) is 7.76. The Bertz CT molecular complexity index is 2580. The van der Waals surface area contributed by atoms with Gasteiger partial charge in [-0.2, -0.15) is 9.97 Å². The van der Waals surface area contributed by atoms with Gasteiger partial charge in [0, 0.05) is 49.4 Å². The lowest BCUT2D eigenvalue weighted by molar-refractivity contribution is 0.0989. The number of primary amides is 2. The van der Waals surface area contributed by atoms with Crippen molar-refractivity contribution in [3.8, 4) is 0 Å². The number of halogens is 3. The van der Waals surface area contributed by atoms with E-state index in [1.807, 2.05) is 0 Å². The molecule has 23 heteroatoms. The summed E-state index contributed by atoms with van der Waals surface area (Å²) in [5, 5.41) is 28.9. The minimum Gasteiger partial charge on any atom is -0.388 e. The molecule has 20 nitrogen and oxygen atoms in total. The van der Waals surface area contributed by atoms with Gasteiger partial charge in [-0.05, 0) is 35.4 Å². The lowest BCUT2D eigenvalue weighted by atomic mass is 10.1. The Kier molecular flexibility index (Phi) is 15.0. The van der Waals surface area contributed by atoms with Crippen molar-refractivity contribution in [1.29, 1.82) is 0 Å². The Morgan fingerprint density at radius 1 is 0.754 bits per heavy atom. The molecule has 4 heterocycles. The average Bonchev–Trinajstić information content (AvgIpc) is 3.83. The summed E-state index contributed by atoms with van der Waals surface area (Å²) in [6.45, 7) is -0.169. The molecule has 0 aliphatic heterocycles. The summed E-state index contributed by atoms with van der Waals surface area (Å²) in [5.74, 6) is -0.559. The number of amides is 2. The molecule has 7 N–H and O–H groups in total. The van der Waals surface area contributed by atoms with E-state index >= 15 is 0 Å². The number of nitrogens with two attached hydrogens (primary N) is 2. The van der Waals surface area contributed by atoms with Crippen molar-refractivity contribution in [3.05, 3.63) is 158 Å². The number of aliphatic hydroxyl groups is 2. The number of hydrogen-bond donors (Lipinski definition) is 5. The normalized spacial score (nSPS) is 11.8. The second-order valence-electron chi connectivity index (χ2n) is 11.8. The summed E-state index contributed by atoms with van der Waals surface area (Å²) in [6.07, 6.45) is 0.867. The summed E-state index contributed by atoms with van der Waals surface area (Å²) >= 11 is 17.1. The minimum absolute atomic E-state index is 0.0643. The number of benzene rings is 2. The van der Waals surface area contributed by atoms with Crippen molar-refractivity contribution in [1.82, 2.24) is 39.0 Å². The highest BCUT2D eigenvalue weighted by Gasteiger charge is 2.18. The number of carbonyl (C=O) groups is 2. The molecule has 4 aromatic heterocycles. The van der Waals surface area contributed by atoms with E-state index in [0.717, 1.165) is 31.7 Å². The molecule has 2 atom stereocenters. The first-order valence-corrected chi connectivity index (χ1v) is 17.5. The SMILES string of the molecule is Cn1c(=O)[nH]cc(C(N)=O)c1=O.Cn1c(=O)c(C(N)=O)cn(Cc2nc(C[C@H](O)c3ccc(Cl)cc3)no2)c1=O.O[C@@H](Cc1noc(CCl)n1)c1ccc(Cl)cc1. The molecule has 0 bridgehead atoms. The molecular formula is C34H33Cl3N10O10. The number of nitrogens with one attached hydrogen (secondary N) is 1. The Morgan fingerprint density at radius 2 is 1.21 bits per heavy atom. The van der Waals surface area contributed by atoms with Gasteiger partial charge in [0.2, 0.25) is 11.8 Å². The zero-order valence-corrected chi connectivity index (χ0v) is 32.1. The van der Waals surface area contributed by atoms with Gasteiger partial charge in [0.15, 0.2) is 11.6 Å². The fourth-order valence-electron chi connectivity index (χ4n) is 4.71. The molecule has 0 saturated heterocycles. The zero-order valence-electron chi connectivity index (χ0n) is 29.8. The third kappa shape index (κ3) is 11.7. The summed E-state index contributed by atoms with van der Waals surface area (Å²) < 4.78 is 12.5. The first-order chi connectivity index (χ1) is 27.0. The molecule has 0 saturated carbocycles. The Hall–Kier alpha value is -6.19. The van der Waals surface area contributed by atoms with Crippen LogP contribution in [0.4, 0.5) is 0 Å². The lowest BCUT2D eigenvalue weighted by Crippen LogP contribution is -2.41. The van der Waals surface area contributed by atoms with Crippen LogP contribution in [-0.4, -0.2) is 61.0 Å². The summed E-state index contributed by atoms with van der Waals surface area (Å²) in [5.41, 5.74) is 8.13. The largest absolute Gasteiger partial charge is 0.388 e. The molecular weight excluding hydrogens is 815 g/mol. The zero-order chi connectivity index (χ0) is 42.0. The third-order valence-corrected chi connectivity index (χ3v) is 8.50. The molecule has 0 unspecified atom stereocenters. The van der Waals surface area contributed by atoms with Crippen LogP contribution in [0.15, 0.2) is 89.1 Å². The molecule has 6 aromatic rings. The summed E-state index contributed by atoms with van der Waals surface area (Å²) in [6, 6.07) is 13.6. The molecule has 0 aliphatic carbocycles. The van der Waals surface area contributed by atoms with Gasteiger partial charge >= 0.3 is 11.4 Å². The molecule has 2 aromatic carbocycles. The van der Waals surface area contributed by atoms with E-state index in [9.17, 15) is 39.0 Å². The molecule has 57 heavy (non-hydrogen) atoms. The number of nitrogens with zero attached hydrogens (tertiary/aromatic N) is 7. The van der Waals surface area contributed by atoms with E-state index in [2.05, 4.69) is 25.3 Å². The Labute approximate surface area is 334 Å². The van der Waals surface area contributed by atoms with Crippen LogP contribution in [-0.2, 0) is 39.4 Å². The van der Waals surface area contributed by atoms with Gasteiger partial charge < -0.3 is 35.7 Å². The second-order valence-corrected chi connectivity index (χ2v) is 12.9. The first kappa shape index (κ1) is 43.5. The number of rotatable bonds is 11. The van der Waals surface area contributed by atoms with E-state index in [-0.39, 0.29) is 48.1 Å². The van der Waals surface area contributed by atoms with Crippen molar-refractivity contribution in [2.24, 2.45) is 25.6 Å². The molecule has 0 fully saturated rings. The highest BCUT2D eigenvalue weighted by atomic mass is 35.5. The number of alkyl halides is 1. The summed E-state index contributed by atoms with van der Waals surface area (Å²) in [7, 11) is 2.49. The van der Waals surface area contributed by atoms with Crippen LogP contribution in [0.5, 0.6) is 0 Å². The summed E-state index contributed by atoms with van der Waals surface area (Å²) in [4.78, 5) is 78.2. The molecule has 0 aliphatic rings. The fourth-order valence-corrected chi connectivity index (χ4v) is 5.07. The van der Waals surface area contributed by atoms with Crippen molar-refractivity contribution in [2.75, 3.05) is 0 Å². The van der Waals surface area contributed by atoms with Crippen LogP contribution >= 0.6 is 34.8 Å². The number of H-pyrrole nitrogens is 1. The monoisotopic (exact) mass is 846 g/mol. The van der Waals surface area contributed by atoms with Crippen LogP contribution in [0.25, 0.3) is 0 Å². The van der Waals surface area contributed by atoms with Gasteiger partial charge in [0.1, 0.15) is 23.6 Å². The van der Waals surface area contributed by atoms with Crippen LogP contribution in [0.3, 0.4) is 0 Å². The van der Waals surface area contributed by atoms with Gasteiger partial charge in [0.05, 0.1) is 12.2 Å². The maximum atomic E-state index is 12.2. The quantitative estimate of drug-likeness (QED) is 0.113. The van der Waals surface area contributed by atoms with Crippen LogP contribution in [0.2, 0.25) is 10.0 Å². The predicted octanol–water partition coefficient (Wildman–Crippen LogP) is 0.917. The maximum absolute atomic E-state index is 12.2. The van der Waals surface area contributed by atoms with Crippen molar-refractivity contribution in [2.45, 2.75) is 37.5 Å². The van der Waals surface area contributed by atoms with E-state index in [0.29, 0.717) is 27.3 Å². The van der Waals surface area contributed by atoms with Crippen LogP contribution in [0, 0.1) is 0 Å². The Balaban J connectivity index is 0.000000210. The standard InChI is InChI=1S/C17H16ClN5O5.C11H10Cl2N2O2.C6H7N3O3/c1-22-16(26)11(15(19)25)7-23(17(22)27)8-14-20-13(21-28-14)6-12(24)9-2-4-10(18)5-3-9;12-6-11-14-10(15-17-11)5-9(16)7-1-3-8(13)4-2-7;1-9-5(11)3(4(7)10)2-8-6(9)12/h2-5,7,12,24H,6,8H2,1H3,(H2,19,25);1-4,9,16H,5-6H2;2H,1H3,(H2,7,10)(H,8,12)/t12-;9-;/m00./s1. The number of aromatic nitrogens is 8. The van der Waals surface area contributed by atoms with E-state index in [1.165, 1.54) is 14.1 Å². The Morgan fingerprint density at radius 3 is 1.67 bits per heavy atom. The molecule has 300 valence electrons. The van der Waals surface area contributed by atoms with E-state index in [4.69, 9.17) is 55.3 Å². The van der Waals surface area contributed by atoms with Gasteiger partial charge in [-0.15, -0.1) is 11.6 Å². The number of aromatic amines is 1. The van der Waals surface area contributed by atoms with Gasteiger partial charge in [-0.25, -0.2) is 9.59 Å². The molecule has 2 amide bonds. The lowest BCUT2D eigenvalue weighted by Gasteiger charge is -2.08. The van der Waals surface area contributed by atoms with Crippen molar-refractivity contribution < 1.29 is 28.8 Å². The van der Waals surface area contributed by atoms with Crippen LogP contribution < -0.4 is 34.0 Å². The van der Waals surface area contributed by atoms with E-state index < -0.39 is 46.5 Å². The molecule has 0 radical (unpaired) electrons. The highest BCUT2D eigenvalue weighted by Crippen LogP contribution is 2.20.